The van der Waals surface area contributed by atoms with Crippen molar-refractivity contribution in [2.45, 2.75) is 0 Å². The zero-order valence-corrected chi connectivity index (χ0v) is 14.8. The van der Waals surface area contributed by atoms with Gasteiger partial charge in [-0.1, -0.05) is 12.1 Å². The molecule has 0 aliphatic carbocycles. The fraction of sp³-hybridized carbons (Fsp3) is 0. The van der Waals surface area contributed by atoms with Gasteiger partial charge in [0.15, 0.2) is 0 Å². The van der Waals surface area contributed by atoms with Gasteiger partial charge in [-0.3, -0.25) is 0 Å². The summed E-state index contributed by atoms with van der Waals surface area (Å²) in [6, 6.07) is 9.96. The topological polar surface area (TPSA) is 66.8 Å². The van der Waals surface area contributed by atoms with E-state index in [2.05, 4.69) is 31.9 Å². The molecular weight excluding hydrogens is 428 g/mol. The van der Waals surface area contributed by atoms with Gasteiger partial charge in [0, 0.05) is 11.6 Å². The van der Waals surface area contributed by atoms with Crippen molar-refractivity contribution in [3.05, 3.63) is 68.3 Å². The number of esters is 1. The van der Waals surface area contributed by atoms with Crippen molar-refractivity contribution in [2.24, 2.45) is 0 Å². The molecule has 116 valence electrons. The Morgan fingerprint density at radius 2 is 1.61 bits per heavy atom. The minimum Gasteiger partial charge on any atom is -0.508 e. The molecule has 2 aromatic rings. The highest BCUT2D eigenvalue weighted by Crippen LogP contribution is 2.39. The number of halogens is 2. The summed E-state index contributed by atoms with van der Waals surface area (Å²) in [6.45, 7) is 0. The van der Waals surface area contributed by atoms with Crippen LogP contribution in [0.3, 0.4) is 0 Å². The first-order valence-corrected chi connectivity index (χ1v) is 8.15. The van der Waals surface area contributed by atoms with Gasteiger partial charge < -0.3 is 14.9 Å². The van der Waals surface area contributed by atoms with Crippen LogP contribution in [-0.2, 0) is 9.53 Å². The molecule has 0 saturated carbocycles. The van der Waals surface area contributed by atoms with Crippen LogP contribution in [0.5, 0.6) is 11.5 Å². The monoisotopic (exact) mass is 436 g/mol. The maximum Gasteiger partial charge on any atom is 0.336 e. The molecule has 1 aliphatic rings. The van der Waals surface area contributed by atoms with Crippen molar-refractivity contribution in [1.29, 1.82) is 0 Å². The predicted molar refractivity (Wildman–Crippen MR) is 93.7 cm³/mol. The van der Waals surface area contributed by atoms with E-state index < -0.39 is 5.97 Å². The lowest BCUT2D eigenvalue weighted by Crippen LogP contribution is -1.92. The first-order valence-electron chi connectivity index (χ1n) is 6.57. The van der Waals surface area contributed by atoms with E-state index in [1.807, 2.05) is 0 Å². The van der Waals surface area contributed by atoms with E-state index >= 15 is 0 Å². The summed E-state index contributed by atoms with van der Waals surface area (Å²) in [6.07, 6.45) is 3.11. The molecule has 2 N–H and O–H groups in total. The van der Waals surface area contributed by atoms with Crippen molar-refractivity contribution in [1.82, 2.24) is 0 Å². The molecule has 0 bridgehead atoms. The van der Waals surface area contributed by atoms with Crippen molar-refractivity contribution in [3.63, 3.8) is 0 Å². The number of carbonyl (C=O) groups excluding carboxylic acids is 1. The lowest BCUT2D eigenvalue weighted by Gasteiger charge is -2.08. The minimum atomic E-state index is -0.453. The van der Waals surface area contributed by atoms with Crippen LogP contribution in [0.2, 0.25) is 0 Å². The van der Waals surface area contributed by atoms with Gasteiger partial charge in [0.05, 0.1) is 8.95 Å². The molecule has 2 aromatic carbocycles. The molecule has 6 heteroatoms. The summed E-state index contributed by atoms with van der Waals surface area (Å²) in [7, 11) is 0. The zero-order chi connectivity index (χ0) is 16.6. The lowest BCUT2D eigenvalue weighted by atomic mass is 10.0. The van der Waals surface area contributed by atoms with Gasteiger partial charge >= 0.3 is 5.97 Å². The van der Waals surface area contributed by atoms with Crippen LogP contribution in [0.25, 0.3) is 11.6 Å². The molecule has 0 spiro atoms. The van der Waals surface area contributed by atoms with Gasteiger partial charge in [-0.25, -0.2) is 4.79 Å². The Morgan fingerprint density at radius 3 is 2.22 bits per heavy atom. The Bertz CT molecular complexity index is 828. The molecule has 0 fully saturated rings. The Morgan fingerprint density at radius 1 is 1.00 bits per heavy atom. The standard InChI is InChI=1S/C17H10Br2O4/c18-13-6-10(7-14(19)17(13)22)12-8-16(21)23-15(12)5-9-1-3-11(20)4-2-9/h1-8,20,22H/b15-5-. The molecule has 23 heavy (non-hydrogen) atoms. The number of aromatic hydroxyl groups is 2. The number of rotatable bonds is 2. The molecule has 1 heterocycles. The van der Waals surface area contributed by atoms with E-state index in [1.54, 1.807) is 42.5 Å². The third kappa shape index (κ3) is 3.33. The Labute approximate surface area is 149 Å². The van der Waals surface area contributed by atoms with Crippen LogP contribution in [0.15, 0.2) is 57.2 Å². The second-order valence-electron chi connectivity index (χ2n) is 4.87. The summed E-state index contributed by atoms with van der Waals surface area (Å²) >= 11 is 6.55. The summed E-state index contributed by atoms with van der Waals surface area (Å²) in [5.74, 6) is 0.205. The Hall–Kier alpha value is -2.05. The van der Waals surface area contributed by atoms with Crippen LogP contribution in [0.1, 0.15) is 11.1 Å². The highest BCUT2D eigenvalue weighted by molar-refractivity contribution is 9.11. The summed E-state index contributed by atoms with van der Waals surface area (Å²) in [5, 5.41) is 19.1. The van der Waals surface area contributed by atoms with Crippen LogP contribution in [0.4, 0.5) is 0 Å². The number of carbonyl (C=O) groups is 1. The molecule has 0 radical (unpaired) electrons. The van der Waals surface area contributed by atoms with Gasteiger partial charge in [0.1, 0.15) is 17.3 Å². The van der Waals surface area contributed by atoms with Crippen LogP contribution < -0.4 is 0 Å². The van der Waals surface area contributed by atoms with Crippen molar-refractivity contribution >= 4 is 49.5 Å². The number of hydrogen-bond donors (Lipinski definition) is 2. The number of ether oxygens (including phenoxy) is 1. The normalized spacial score (nSPS) is 15.7. The fourth-order valence-electron chi connectivity index (χ4n) is 2.16. The number of cyclic esters (lactones) is 1. The first kappa shape index (κ1) is 15.8. The van der Waals surface area contributed by atoms with E-state index in [4.69, 9.17) is 4.74 Å². The zero-order valence-electron chi connectivity index (χ0n) is 11.6. The molecule has 3 rings (SSSR count). The fourth-order valence-corrected chi connectivity index (χ4v) is 3.34. The third-order valence-corrected chi connectivity index (χ3v) is 4.47. The van der Waals surface area contributed by atoms with Crippen molar-refractivity contribution in [3.8, 4) is 11.5 Å². The molecule has 0 unspecified atom stereocenters. The molecule has 1 aliphatic heterocycles. The smallest absolute Gasteiger partial charge is 0.336 e. The maximum absolute atomic E-state index is 11.7. The quantitative estimate of drug-likeness (QED) is 0.673. The van der Waals surface area contributed by atoms with Gasteiger partial charge in [-0.15, -0.1) is 0 Å². The first-order chi connectivity index (χ1) is 10.9. The average molecular weight is 438 g/mol. The summed E-state index contributed by atoms with van der Waals surface area (Å²) in [5.41, 5.74) is 2.12. The predicted octanol–water partition coefficient (Wildman–Crippen LogP) is 4.60. The van der Waals surface area contributed by atoms with Gasteiger partial charge in [0.2, 0.25) is 0 Å². The second kappa shape index (κ2) is 6.22. The molecule has 0 atom stereocenters. The van der Waals surface area contributed by atoms with E-state index in [0.717, 1.165) is 11.1 Å². The largest absolute Gasteiger partial charge is 0.508 e. The third-order valence-electron chi connectivity index (χ3n) is 3.26. The number of phenolic OH excluding ortho intramolecular Hbond substituents is 2. The van der Waals surface area contributed by atoms with Gasteiger partial charge in [-0.05, 0) is 73.3 Å². The second-order valence-corrected chi connectivity index (χ2v) is 6.58. The van der Waals surface area contributed by atoms with Crippen molar-refractivity contribution in [2.75, 3.05) is 0 Å². The van der Waals surface area contributed by atoms with Crippen LogP contribution in [-0.4, -0.2) is 16.2 Å². The molecule has 0 aromatic heterocycles. The lowest BCUT2D eigenvalue weighted by molar-refractivity contribution is -0.132. The Balaban J connectivity index is 2.04. The highest BCUT2D eigenvalue weighted by Gasteiger charge is 2.23. The van der Waals surface area contributed by atoms with Crippen LogP contribution >= 0.6 is 31.9 Å². The Kier molecular flexibility index (Phi) is 4.28. The number of benzene rings is 2. The summed E-state index contributed by atoms with van der Waals surface area (Å²) in [4.78, 5) is 11.7. The highest BCUT2D eigenvalue weighted by atomic mass is 79.9. The van der Waals surface area contributed by atoms with Crippen molar-refractivity contribution < 1.29 is 19.7 Å². The maximum atomic E-state index is 11.7. The van der Waals surface area contributed by atoms with E-state index in [-0.39, 0.29) is 11.5 Å². The number of hydrogen-bond acceptors (Lipinski definition) is 4. The molecule has 0 saturated heterocycles. The SMILES string of the molecule is O=C1C=C(c2cc(Br)c(O)c(Br)c2)/C(=C/c2ccc(O)cc2)O1. The number of phenols is 2. The molecular formula is C17H10Br2O4. The van der Waals surface area contributed by atoms with Gasteiger partial charge in [0.25, 0.3) is 0 Å². The van der Waals surface area contributed by atoms with E-state index in [0.29, 0.717) is 20.3 Å². The van der Waals surface area contributed by atoms with Crippen LogP contribution in [0, 0.1) is 0 Å². The van der Waals surface area contributed by atoms with E-state index in [9.17, 15) is 15.0 Å². The molecule has 0 amide bonds. The minimum absolute atomic E-state index is 0.0867. The molecule has 4 nitrogen and oxygen atoms in total. The van der Waals surface area contributed by atoms with E-state index in [1.165, 1.54) is 6.08 Å². The summed E-state index contributed by atoms with van der Waals surface area (Å²) < 4.78 is 6.26. The number of allylic oxidation sites excluding steroid dienone is 1. The van der Waals surface area contributed by atoms with Gasteiger partial charge in [-0.2, -0.15) is 0 Å². The average Bonchev–Trinajstić information content (AvgIpc) is 2.87.